The van der Waals surface area contributed by atoms with Gasteiger partial charge in [0.25, 0.3) is 11.8 Å². The molecule has 2 rings (SSSR count). The number of aliphatic carboxylic acids is 1. The molecule has 8 heteroatoms. The molecule has 0 saturated heterocycles. The Kier molecular flexibility index (Phi) is 5.35. The van der Waals surface area contributed by atoms with Crippen LogP contribution < -0.4 is 10.6 Å². The largest absolute Gasteiger partial charge is 0.480 e. The molecular weight excluding hydrogens is 300 g/mol. The first-order chi connectivity index (χ1) is 11.1. The van der Waals surface area contributed by atoms with Crippen LogP contribution in [0, 0.1) is 0 Å². The molecule has 23 heavy (non-hydrogen) atoms. The number of rotatable bonds is 6. The van der Waals surface area contributed by atoms with Crippen LogP contribution in [0.15, 0.2) is 48.8 Å². The Morgan fingerprint density at radius 3 is 2.00 bits per heavy atom. The summed E-state index contributed by atoms with van der Waals surface area (Å²) in [5, 5.41) is 13.9. The molecule has 1 unspecified atom stereocenters. The minimum absolute atomic E-state index is 0.0924. The molecule has 2 aromatic heterocycles. The predicted octanol–water partition coefficient (Wildman–Crippen LogP) is 0.0896. The number of hydrogen-bond donors (Lipinski definition) is 3. The molecule has 0 spiro atoms. The SMILES string of the molecule is O=C(NCC(NC(=O)c1ccccn1)C(=O)O)c1ccccn1. The first-order valence-corrected chi connectivity index (χ1v) is 6.72. The van der Waals surface area contributed by atoms with Crippen LogP contribution in [0.3, 0.4) is 0 Å². The zero-order valence-corrected chi connectivity index (χ0v) is 12.0. The van der Waals surface area contributed by atoms with Gasteiger partial charge in [0.05, 0.1) is 0 Å². The summed E-state index contributed by atoms with van der Waals surface area (Å²) < 4.78 is 0. The van der Waals surface area contributed by atoms with E-state index in [1.54, 1.807) is 24.3 Å². The second-order valence-electron chi connectivity index (χ2n) is 4.50. The Labute approximate surface area is 131 Å². The highest BCUT2D eigenvalue weighted by Gasteiger charge is 2.22. The summed E-state index contributed by atoms with van der Waals surface area (Å²) in [6.07, 6.45) is 2.87. The Bertz CT molecular complexity index is 691. The lowest BCUT2D eigenvalue weighted by atomic mass is 10.2. The van der Waals surface area contributed by atoms with E-state index in [4.69, 9.17) is 5.11 Å². The van der Waals surface area contributed by atoms with Crippen molar-refractivity contribution >= 4 is 17.8 Å². The average molecular weight is 314 g/mol. The average Bonchev–Trinajstić information content (AvgIpc) is 2.59. The highest BCUT2D eigenvalue weighted by molar-refractivity contribution is 5.95. The van der Waals surface area contributed by atoms with Crippen molar-refractivity contribution in [3.05, 3.63) is 60.2 Å². The van der Waals surface area contributed by atoms with Crippen molar-refractivity contribution in [1.82, 2.24) is 20.6 Å². The normalized spacial score (nSPS) is 11.3. The summed E-state index contributed by atoms with van der Waals surface area (Å²) in [4.78, 5) is 42.6. The molecule has 0 radical (unpaired) electrons. The lowest BCUT2D eigenvalue weighted by molar-refractivity contribution is -0.139. The third kappa shape index (κ3) is 4.60. The maximum absolute atomic E-state index is 11.9. The van der Waals surface area contributed by atoms with Crippen LogP contribution in [0.1, 0.15) is 21.0 Å². The minimum Gasteiger partial charge on any atom is -0.480 e. The molecule has 1 atom stereocenters. The molecule has 0 fully saturated rings. The second-order valence-corrected chi connectivity index (χ2v) is 4.50. The molecule has 118 valence electrons. The molecule has 0 aliphatic heterocycles. The van der Waals surface area contributed by atoms with E-state index in [9.17, 15) is 14.4 Å². The molecule has 8 nitrogen and oxygen atoms in total. The van der Waals surface area contributed by atoms with Gasteiger partial charge in [-0.15, -0.1) is 0 Å². The summed E-state index contributed by atoms with van der Waals surface area (Å²) >= 11 is 0. The number of carboxylic acids is 1. The number of carbonyl (C=O) groups excluding carboxylic acids is 2. The van der Waals surface area contributed by atoms with Crippen molar-refractivity contribution in [3.63, 3.8) is 0 Å². The van der Waals surface area contributed by atoms with Gasteiger partial charge in [-0.1, -0.05) is 12.1 Å². The van der Waals surface area contributed by atoms with E-state index in [2.05, 4.69) is 20.6 Å². The quantitative estimate of drug-likeness (QED) is 0.695. The summed E-state index contributed by atoms with van der Waals surface area (Å²) in [6.45, 7) is -0.274. The number of aromatic nitrogens is 2. The topological polar surface area (TPSA) is 121 Å². The fraction of sp³-hybridized carbons (Fsp3) is 0.133. The van der Waals surface area contributed by atoms with Gasteiger partial charge >= 0.3 is 5.97 Å². The van der Waals surface area contributed by atoms with Crippen LogP contribution in [-0.2, 0) is 4.79 Å². The molecule has 0 aliphatic rings. The van der Waals surface area contributed by atoms with Crippen LogP contribution in [0.2, 0.25) is 0 Å². The molecule has 0 bridgehead atoms. The number of carbonyl (C=O) groups is 3. The van der Waals surface area contributed by atoms with E-state index >= 15 is 0 Å². The van der Waals surface area contributed by atoms with Gasteiger partial charge < -0.3 is 15.7 Å². The number of pyridine rings is 2. The standard InChI is InChI=1S/C15H14N4O4/c20-13(10-5-1-3-7-16-10)18-9-12(15(22)23)19-14(21)11-6-2-4-8-17-11/h1-8,12H,9H2,(H,18,20)(H,19,21)(H,22,23). The molecular formula is C15H14N4O4. The van der Waals surface area contributed by atoms with Crippen molar-refractivity contribution in [3.8, 4) is 0 Å². The Hall–Kier alpha value is -3.29. The van der Waals surface area contributed by atoms with Gasteiger partial charge in [0, 0.05) is 18.9 Å². The van der Waals surface area contributed by atoms with E-state index in [0.717, 1.165) is 0 Å². The van der Waals surface area contributed by atoms with E-state index in [1.165, 1.54) is 24.5 Å². The molecule has 0 saturated carbocycles. The zero-order chi connectivity index (χ0) is 16.7. The highest BCUT2D eigenvalue weighted by Crippen LogP contribution is 1.96. The van der Waals surface area contributed by atoms with Crippen LogP contribution in [0.5, 0.6) is 0 Å². The number of hydrogen-bond acceptors (Lipinski definition) is 5. The Morgan fingerprint density at radius 1 is 0.957 bits per heavy atom. The van der Waals surface area contributed by atoms with E-state index < -0.39 is 23.8 Å². The van der Waals surface area contributed by atoms with Crippen LogP contribution in [-0.4, -0.2) is 45.4 Å². The fourth-order valence-corrected chi connectivity index (χ4v) is 1.71. The summed E-state index contributed by atoms with van der Waals surface area (Å²) in [6, 6.07) is 8.22. The van der Waals surface area contributed by atoms with E-state index in [1.807, 2.05) is 0 Å². The lowest BCUT2D eigenvalue weighted by Gasteiger charge is -2.15. The van der Waals surface area contributed by atoms with Gasteiger partial charge in [-0.05, 0) is 24.3 Å². The van der Waals surface area contributed by atoms with Gasteiger partial charge in [-0.25, -0.2) is 4.79 Å². The third-order valence-electron chi connectivity index (χ3n) is 2.87. The summed E-state index contributed by atoms with van der Waals surface area (Å²) in [5.41, 5.74) is 0.252. The van der Waals surface area contributed by atoms with E-state index in [-0.39, 0.29) is 17.9 Å². The summed E-state index contributed by atoms with van der Waals surface area (Å²) in [5.74, 6) is -2.43. The number of nitrogens with zero attached hydrogens (tertiary/aromatic N) is 2. The fourth-order valence-electron chi connectivity index (χ4n) is 1.71. The van der Waals surface area contributed by atoms with Crippen molar-refractivity contribution in [2.24, 2.45) is 0 Å². The zero-order valence-electron chi connectivity index (χ0n) is 12.0. The van der Waals surface area contributed by atoms with Crippen LogP contribution in [0.25, 0.3) is 0 Å². The summed E-state index contributed by atoms with van der Waals surface area (Å²) in [7, 11) is 0. The molecule has 2 heterocycles. The first kappa shape index (κ1) is 16.1. The van der Waals surface area contributed by atoms with Crippen molar-refractivity contribution < 1.29 is 19.5 Å². The van der Waals surface area contributed by atoms with Crippen molar-refractivity contribution in [2.45, 2.75) is 6.04 Å². The molecule has 2 aromatic rings. The monoisotopic (exact) mass is 314 g/mol. The van der Waals surface area contributed by atoms with Gasteiger partial charge in [0.1, 0.15) is 17.4 Å². The second kappa shape index (κ2) is 7.64. The molecule has 0 aliphatic carbocycles. The third-order valence-corrected chi connectivity index (χ3v) is 2.87. The van der Waals surface area contributed by atoms with Gasteiger partial charge in [-0.3, -0.25) is 19.6 Å². The van der Waals surface area contributed by atoms with Gasteiger partial charge in [-0.2, -0.15) is 0 Å². The minimum atomic E-state index is -1.28. The molecule has 2 amide bonds. The maximum atomic E-state index is 11.9. The predicted molar refractivity (Wildman–Crippen MR) is 79.7 cm³/mol. The first-order valence-electron chi connectivity index (χ1n) is 6.72. The highest BCUT2D eigenvalue weighted by atomic mass is 16.4. The van der Waals surface area contributed by atoms with E-state index in [0.29, 0.717) is 0 Å². The smallest absolute Gasteiger partial charge is 0.328 e. The van der Waals surface area contributed by atoms with Crippen LogP contribution >= 0.6 is 0 Å². The number of nitrogens with one attached hydrogen (secondary N) is 2. The van der Waals surface area contributed by atoms with Gasteiger partial charge in [0.15, 0.2) is 0 Å². The molecule has 0 aromatic carbocycles. The van der Waals surface area contributed by atoms with Gasteiger partial charge in [0.2, 0.25) is 0 Å². The lowest BCUT2D eigenvalue weighted by Crippen LogP contribution is -2.48. The van der Waals surface area contributed by atoms with Crippen LogP contribution in [0.4, 0.5) is 0 Å². The maximum Gasteiger partial charge on any atom is 0.328 e. The number of amides is 2. The Balaban J connectivity index is 1.96. The van der Waals surface area contributed by atoms with Crippen molar-refractivity contribution in [1.29, 1.82) is 0 Å². The molecule has 3 N–H and O–H groups in total. The van der Waals surface area contributed by atoms with Crippen molar-refractivity contribution in [2.75, 3.05) is 6.54 Å². The Morgan fingerprint density at radius 2 is 1.52 bits per heavy atom. The number of carboxylic acid groups (broad SMARTS) is 1.